The first kappa shape index (κ1) is 14.1. The molecule has 19 heavy (non-hydrogen) atoms. The minimum Gasteiger partial charge on any atom is -0.409 e. The Labute approximate surface area is 113 Å². The van der Waals surface area contributed by atoms with E-state index in [4.69, 9.17) is 15.7 Å². The lowest BCUT2D eigenvalue weighted by Gasteiger charge is -2.36. The van der Waals surface area contributed by atoms with Crippen molar-refractivity contribution in [2.45, 2.75) is 12.8 Å². The number of carbonyl (C=O) groups excluding carboxylic acids is 1. The number of piperazine rings is 1. The quantitative estimate of drug-likeness (QED) is 0.306. The van der Waals surface area contributed by atoms with Crippen LogP contribution in [0.1, 0.15) is 12.8 Å². The molecule has 0 saturated carbocycles. The first-order valence-corrected chi connectivity index (χ1v) is 6.76. The van der Waals surface area contributed by atoms with Crippen molar-refractivity contribution < 1.29 is 14.7 Å². The van der Waals surface area contributed by atoms with E-state index in [-0.39, 0.29) is 17.7 Å². The molecular formula is C12H22N4O3. The molecule has 0 radical (unpaired) electrons. The van der Waals surface area contributed by atoms with E-state index in [1.807, 2.05) is 4.90 Å². The maximum atomic E-state index is 12.3. The number of nitrogens with zero attached hydrogens (tertiary/aromatic N) is 3. The third-order valence-corrected chi connectivity index (χ3v) is 3.77. The van der Waals surface area contributed by atoms with Crippen LogP contribution in [0.25, 0.3) is 0 Å². The number of ether oxygens (including phenoxy) is 1. The SMILES string of the molecule is NC(CN1CCN(C(=O)C2CCOCC2)CC1)=NO. The monoisotopic (exact) mass is 270 g/mol. The second kappa shape index (κ2) is 6.72. The molecule has 0 spiro atoms. The van der Waals surface area contributed by atoms with Crippen molar-refractivity contribution in [3.05, 3.63) is 0 Å². The van der Waals surface area contributed by atoms with Gasteiger partial charge in [-0.3, -0.25) is 9.69 Å². The van der Waals surface area contributed by atoms with Gasteiger partial charge in [-0.05, 0) is 12.8 Å². The number of hydrogen-bond donors (Lipinski definition) is 2. The summed E-state index contributed by atoms with van der Waals surface area (Å²) >= 11 is 0. The Morgan fingerprint density at radius 2 is 1.89 bits per heavy atom. The Morgan fingerprint density at radius 3 is 2.47 bits per heavy atom. The smallest absolute Gasteiger partial charge is 0.225 e. The Kier molecular flexibility index (Phi) is 4.98. The molecule has 3 N–H and O–H groups in total. The van der Waals surface area contributed by atoms with Crippen molar-refractivity contribution in [3.63, 3.8) is 0 Å². The largest absolute Gasteiger partial charge is 0.409 e. The molecule has 0 aromatic rings. The number of oxime groups is 1. The molecule has 0 aromatic carbocycles. The number of hydrogen-bond acceptors (Lipinski definition) is 5. The van der Waals surface area contributed by atoms with E-state index in [0.717, 1.165) is 39.0 Å². The third kappa shape index (κ3) is 3.81. The van der Waals surface area contributed by atoms with Crippen molar-refractivity contribution in [2.24, 2.45) is 16.8 Å². The molecule has 2 fully saturated rings. The fourth-order valence-corrected chi connectivity index (χ4v) is 2.59. The fourth-order valence-electron chi connectivity index (χ4n) is 2.59. The molecule has 7 heteroatoms. The van der Waals surface area contributed by atoms with Gasteiger partial charge in [-0.2, -0.15) is 0 Å². The molecule has 2 rings (SSSR count). The molecule has 2 heterocycles. The van der Waals surface area contributed by atoms with Crippen molar-refractivity contribution in [1.82, 2.24) is 9.80 Å². The van der Waals surface area contributed by atoms with Gasteiger partial charge in [-0.1, -0.05) is 5.16 Å². The van der Waals surface area contributed by atoms with Gasteiger partial charge in [-0.15, -0.1) is 0 Å². The Hall–Kier alpha value is -1.34. The molecular weight excluding hydrogens is 248 g/mol. The van der Waals surface area contributed by atoms with Crippen molar-refractivity contribution >= 4 is 11.7 Å². The van der Waals surface area contributed by atoms with Crippen LogP contribution in [-0.4, -0.2) is 72.7 Å². The molecule has 0 unspecified atom stereocenters. The van der Waals surface area contributed by atoms with E-state index in [0.29, 0.717) is 19.8 Å². The molecule has 0 aromatic heterocycles. The van der Waals surface area contributed by atoms with E-state index in [9.17, 15) is 4.79 Å². The van der Waals surface area contributed by atoms with Crippen molar-refractivity contribution in [3.8, 4) is 0 Å². The van der Waals surface area contributed by atoms with E-state index < -0.39 is 0 Å². The highest BCUT2D eigenvalue weighted by molar-refractivity contribution is 5.82. The zero-order valence-electron chi connectivity index (χ0n) is 11.1. The number of rotatable bonds is 3. The summed E-state index contributed by atoms with van der Waals surface area (Å²) in [6.07, 6.45) is 1.67. The van der Waals surface area contributed by atoms with Crippen LogP contribution in [-0.2, 0) is 9.53 Å². The minimum atomic E-state index is 0.129. The van der Waals surface area contributed by atoms with Gasteiger partial charge in [0.1, 0.15) is 0 Å². The molecule has 2 saturated heterocycles. The van der Waals surface area contributed by atoms with Gasteiger partial charge in [0.15, 0.2) is 5.84 Å². The van der Waals surface area contributed by atoms with Crippen LogP contribution in [0.3, 0.4) is 0 Å². The lowest BCUT2D eigenvalue weighted by molar-refractivity contribution is -0.140. The first-order valence-electron chi connectivity index (χ1n) is 6.76. The zero-order chi connectivity index (χ0) is 13.7. The van der Waals surface area contributed by atoms with E-state index in [1.54, 1.807) is 0 Å². The highest BCUT2D eigenvalue weighted by Crippen LogP contribution is 2.18. The maximum Gasteiger partial charge on any atom is 0.225 e. The minimum absolute atomic E-state index is 0.129. The van der Waals surface area contributed by atoms with Crippen LogP contribution in [0.5, 0.6) is 0 Å². The van der Waals surface area contributed by atoms with E-state index >= 15 is 0 Å². The summed E-state index contributed by atoms with van der Waals surface area (Å²) in [6, 6.07) is 0. The Balaban J connectivity index is 1.77. The van der Waals surface area contributed by atoms with Crippen LogP contribution in [0.2, 0.25) is 0 Å². The standard InChI is InChI=1S/C12H22N4O3/c13-11(14-18)9-15-3-5-16(6-4-15)12(17)10-1-7-19-8-2-10/h10,18H,1-9H2,(H2,13,14). The predicted octanol–water partition coefficient (Wildman–Crippen LogP) is -0.696. The van der Waals surface area contributed by atoms with Gasteiger partial charge in [-0.25, -0.2) is 0 Å². The predicted molar refractivity (Wildman–Crippen MR) is 70.0 cm³/mol. The second-order valence-corrected chi connectivity index (χ2v) is 5.08. The van der Waals surface area contributed by atoms with Crippen LogP contribution >= 0.6 is 0 Å². The van der Waals surface area contributed by atoms with Gasteiger partial charge in [0.05, 0.1) is 6.54 Å². The zero-order valence-corrected chi connectivity index (χ0v) is 11.1. The van der Waals surface area contributed by atoms with Gasteiger partial charge >= 0.3 is 0 Å². The van der Waals surface area contributed by atoms with Gasteiger partial charge in [0.25, 0.3) is 0 Å². The lowest BCUT2D eigenvalue weighted by atomic mass is 9.98. The van der Waals surface area contributed by atoms with Crippen LogP contribution in [0.15, 0.2) is 5.16 Å². The summed E-state index contributed by atoms with van der Waals surface area (Å²) in [6.45, 7) is 4.82. The maximum absolute atomic E-state index is 12.3. The molecule has 108 valence electrons. The highest BCUT2D eigenvalue weighted by atomic mass is 16.5. The average Bonchev–Trinajstić information content (AvgIpc) is 2.48. The fraction of sp³-hybridized carbons (Fsp3) is 0.833. The summed E-state index contributed by atoms with van der Waals surface area (Å²) in [5.41, 5.74) is 5.48. The lowest BCUT2D eigenvalue weighted by Crippen LogP contribution is -2.52. The van der Waals surface area contributed by atoms with Crippen molar-refractivity contribution in [2.75, 3.05) is 45.9 Å². The number of amidine groups is 1. The highest BCUT2D eigenvalue weighted by Gasteiger charge is 2.28. The molecule has 7 nitrogen and oxygen atoms in total. The average molecular weight is 270 g/mol. The van der Waals surface area contributed by atoms with Crippen molar-refractivity contribution in [1.29, 1.82) is 0 Å². The Morgan fingerprint density at radius 1 is 1.26 bits per heavy atom. The second-order valence-electron chi connectivity index (χ2n) is 5.08. The molecule has 0 bridgehead atoms. The topological polar surface area (TPSA) is 91.4 Å². The van der Waals surface area contributed by atoms with Gasteiger partial charge < -0.3 is 20.6 Å². The molecule has 0 atom stereocenters. The molecule has 2 aliphatic rings. The summed E-state index contributed by atoms with van der Waals surface area (Å²) in [4.78, 5) is 16.3. The molecule has 1 amide bonds. The number of carbonyl (C=O) groups is 1. The third-order valence-electron chi connectivity index (χ3n) is 3.77. The van der Waals surface area contributed by atoms with Gasteiger partial charge in [0, 0.05) is 45.3 Å². The number of nitrogens with two attached hydrogens (primary N) is 1. The summed E-state index contributed by atoms with van der Waals surface area (Å²) in [5, 5.41) is 11.5. The van der Waals surface area contributed by atoms with Crippen LogP contribution < -0.4 is 5.73 Å². The first-order chi connectivity index (χ1) is 9.20. The summed E-state index contributed by atoms with van der Waals surface area (Å²) in [7, 11) is 0. The Bertz CT molecular complexity index is 334. The normalized spacial score (nSPS) is 23.6. The molecule has 2 aliphatic heterocycles. The van der Waals surface area contributed by atoms with E-state index in [2.05, 4.69) is 10.1 Å². The number of amides is 1. The summed E-state index contributed by atoms with van der Waals surface area (Å²) in [5.74, 6) is 0.598. The van der Waals surface area contributed by atoms with E-state index in [1.165, 1.54) is 0 Å². The van der Waals surface area contributed by atoms with Crippen LogP contribution in [0.4, 0.5) is 0 Å². The molecule has 0 aliphatic carbocycles. The van der Waals surface area contributed by atoms with Crippen LogP contribution in [0, 0.1) is 5.92 Å². The van der Waals surface area contributed by atoms with Gasteiger partial charge in [0.2, 0.25) is 5.91 Å². The summed E-state index contributed by atoms with van der Waals surface area (Å²) < 4.78 is 5.28.